The summed E-state index contributed by atoms with van der Waals surface area (Å²) in [6.07, 6.45) is -3.49. The Bertz CT molecular complexity index is 728. The van der Waals surface area contributed by atoms with Crippen LogP contribution < -0.4 is 9.46 Å². The molecule has 1 aromatic carbocycles. The normalized spacial score (nSPS) is 12.2. The second-order valence-electron chi connectivity index (χ2n) is 3.72. The number of nitrogens with one attached hydrogen (secondary N) is 2. The van der Waals surface area contributed by atoms with Gasteiger partial charge in [0.05, 0.1) is 15.6 Å². The van der Waals surface area contributed by atoms with Gasteiger partial charge >= 0.3 is 6.36 Å². The first-order valence-corrected chi connectivity index (χ1v) is 7.52. The third kappa shape index (κ3) is 4.11. The molecule has 1 heterocycles. The number of aromatic amines is 1. The third-order valence-corrected chi connectivity index (χ3v) is 4.16. The second-order valence-corrected chi connectivity index (χ2v) is 6.25. The molecular weight excluding hydrogens is 379 g/mol. The van der Waals surface area contributed by atoms with E-state index in [2.05, 4.69) is 35.6 Å². The number of rotatable bonds is 4. The molecule has 0 aliphatic rings. The van der Waals surface area contributed by atoms with Crippen molar-refractivity contribution in [2.75, 3.05) is 4.72 Å². The summed E-state index contributed by atoms with van der Waals surface area (Å²) in [6, 6.07) is 3.80. The molecule has 114 valence electrons. The Hall–Kier alpha value is -1.75. The molecule has 0 amide bonds. The van der Waals surface area contributed by atoms with Crippen LogP contribution >= 0.6 is 15.9 Å². The highest BCUT2D eigenvalue weighted by molar-refractivity contribution is 9.10. The molecule has 0 unspecified atom stereocenters. The summed E-state index contributed by atoms with van der Waals surface area (Å²) < 4.78 is 66.3. The van der Waals surface area contributed by atoms with Crippen molar-refractivity contribution in [3.63, 3.8) is 0 Å². The monoisotopic (exact) mass is 385 g/mol. The van der Waals surface area contributed by atoms with Crippen molar-refractivity contribution in [3.05, 3.63) is 34.9 Å². The lowest BCUT2D eigenvalue weighted by Crippen LogP contribution is -2.17. The maximum Gasteiger partial charge on any atom is 0.573 e. The number of sulfonamides is 1. The molecule has 0 saturated carbocycles. The van der Waals surface area contributed by atoms with E-state index in [0.717, 1.165) is 24.3 Å². The molecule has 2 rings (SSSR count). The maximum absolute atomic E-state index is 12.0. The predicted molar refractivity (Wildman–Crippen MR) is 70.2 cm³/mol. The van der Waals surface area contributed by atoms with Crippen molar-refractivity contribution >= 4 is 31.8 Å². The van der Waals surface area contributed by atoms with Crippen LogP contribution in [0.5, 0.6) is 5.75 Å². The standard InChI is InChI=1S/C10H7BrF3N3O3S/c11-8-5-15-16-9(8)17-21(18,19)7-3-1-6(2-4-7)20-10(12,13)14/h1-5H,(H2,15,16,17). The minimum Gasteiger partial charge on any atom is -0.406 e. The number of halogens is 4. The molecule has 2 N–H and O–H groups in total. The Morgan fingerprint density at radius 2 is 1.86 bits per heavy atom. The SMILES string of the molecule is O=S(=O)(Nc1[nH]ncc1Br)c1ccc(OC(F)(F)F)cc1. The highest BCUT2D eigenvalue weighted by Gasteiger charge is 2.31. The molecule has 0 saturated heterocycles. The first kappa shape index (κ1) is 15.6. The molecule has 0 bridgehead atoms. The molecule has 21 heavy (non-hydrogen) atoms. The van der Waals surface area contributed by atoms with E-state index in [9.17, 15) is 21.6 Å². The number of hydrogen-bond donors (Lipinski definition) is 2. The van der Waals surface area contributed by atoms with E-state index < -0.39 is 22.1 Å². The van der Waals surface area contributed by atoms with Gasteiger partial charge < -0.3 is 4.74 Å². The van der Waals surface area contributed by atoms with Crippen LogP contribution in [0.3, 0.4) is 0 Å². The average molecular weight is 386 g/mol. The van der Waals surface area contributed by atoms with E-state index in [0.29, 0.717) is 4.47 Å². The highest BCUT2D eigenvalue weighted by atomic mass is 79.9. The lowest BCUT2D eigenvalue weighted by atomic mass is 10.3. The number of H-pyrrole nitrogens is 1. The van der Waals surface area contributed by atoms with Gasteiger partial charge in [-0.05, 0) is 40.2 Å². The van der Waals surface area contributed by atoms with Gasteiger partial charge in [0.2, 0.25) is 0 Å². The minimum atomic E-state index is -4.83. The lowest BCUT2D eigenvalue weighted by Gasteiger charge is -2.10. The van der Waals surface area contributed by atoms with Crippen LogP contribution in [0.2, 0.25) is 0 Å². The Labute approximate surface area is 125 Å². The fourth-order valence-electron chi connectivity index (χ4n) is 1.36. The summed E-state index contributed by atoms with van der Waals surface area (Å²) in [4.78, 5) is -0.224. The zero-order valence-corrected chi connectivity index (χ0v) is 12.4. The Balaban J connectivity index is 2.19. The Kier molecular flexibility index (Phi) is 4.14. The van der Waals surface area contributed by atoms with Gasteiger partial charge in [-0.1, -0.05) is 0 Å². The number of benzene rings is 1. The molecule has 2 aromatic rings. The topological polar surface area (TPSA) is 84.1 Å². The van der Waals surface area contributed by atoms with Crippen molar-refractivity contribution in [2.45, 2.75) is 11.3 Å². The zero-order valence-electron chi connectivity index (χ0n) is 9.98. The van der Waals surface area contributed by atoms with Gasteiger partial charge in [0.25, 0.3) is 10.0 Å². The van der Waals surface area contributed by atoms with Gasteiger partial charge in [0.15, 0.2) is 0 Å². The number of ether oxygens (including phenoxy) is 1. The van der Waals surface area contributed by atoms with E-state index >= 15 is 0 Å². The molecule has 0 radical (unpaired) electrons. The molecule has 1 aromatic heterocycles. The molecule has 0 aliphatic carbocycles. The molecule has 11 heteroatoms. The van der Waals surface area contributed by atoms with Gasteiger partial charge in [0.1, 0.15) is 11.6 Å². The number of nitrogens with zero attached hydrogens (tertiary/aromatic N) is 1. The van der Waals surface area contributed by atoms with E-state index in [1.807, 2.05) is 0 Å². The van der Waals surface area contributed by atoms with Crippen molar-refractivity contribution < 1.29 is 26.3 Å². The van der Waals surface area contributed by atoms with E-state index in [-0.39, 0.29) is 10.7 Å². The largest absolute Gasteiger partial charge is 0.573 e. The van der Waals surface area contributed by atoms with Gasteiger partial charge in [-0.3, -0.25) is 9.82 Å². The quantitative estimate of drug-likeness (QED) is 0.847. The van der Waals surface area contributed by atoms with Crippen LogP contribution in [0.15, 0.2) is 39.8 Å². The maximum atomic E-state index is 12.0. The van der Waals surface area contributed by atoms with Crippen LogP contribution in [0.4, 0.5) is 19.0 Å². The summed E-state index contributed by atoms with van der Waals surface area (Å²) in [5, 5.41) is 6.02. The highest BCUT2D eigenvalue weighted by Crippen LogP contribution is 2.25. The number of hydrogen-bond acceptors (Lipinski definition) is 4. The van der Waals surface area contributed by atoms with E-state index in [1.165, 1.54) is 6.20 Å². The number of aromatic nitrogens is 2. The molecular formula is C10H7BrF3N3O3S. The van der Waals surface area contributed by atoms with Crippen molar-refractivity contribution in [1.29, 1.82) is 0 Å². The average Bonchev–Trinajstić information content (AvgIpc) is 2.73. The minimum absolute atomic E-state index is 0.102. The molecule has 0 aliphatic heterocycles. The van der Waals surface area contributed by atoms with Crippen LogP contribution in [-0.4, -0.2) is 25.0 Å². The molecule has 0 fully saturated rings. The predicted octanol–water partition coefficient (Wildman–Crippen LogP) is 2.87. The summed E-state index contributed by atoms with van der Waals surface area (Å²) in [5.41, 5.74) is 0. The van der Waals surface area contributed by atoms with Gasteiger partial charge in [-0.15, -0.1) is 13.2 Å². The Morgan fingerprint density at radius 3 is 2.33 bits per heavy atom. The lowest BCUT2D eigenvalue weighted by molar-refractivity contribution is -0.274. The number of alkyl halides is 3. The van der Waals surface area contributed by atoms with Gasteiger partial charge in [-0.25, -0.2) is 8.42 Å². The second kappa shape index (κ2) is 5.56. The summed E-state index contributed by atoms with van der Waals surface area (Å²) in [5.74, 6) is -0.408. The van der Waals surface area contributed by atoms with Crippen molar-refractivity contribution in [1.82, 2.24) is 10.2 Å². The fraction of sp³-hybridized carbons (Fsp3) is 0.100. The van der Waals surface area contributed by atoms with Gasteiger partial charge in [0, 0.05) is 0 Å². The number of anilines is 1. The molecule has 0 atom stereocenters. The molecule has 0 spiro atoms. The third-order valence-electron chi connectivity index (χ3n) is 2.20. The van der Waals surface area contributed by atoms with Crippen LogP contribution in [0.25, 0.3) is 0 Å². The van der Waals surface area contributed by atoms with E-state index in [4.69, 9.17) is 0 Å². The molecule has 6 nitrogen and oxygen atoms in total. The van der Waals surface area contributed by atoms with Gasteiger partial charge in [-0.2, -0.15) is 5.10 Å². The summed E-state index contributed by atoms with van der Waals surface area (Å²) >= 11 is 3.07. The van der Waals surface area contributed by atoms with Crippen LogP contribution in [-0.2, 0) is 10.0 Å². The summed E-state index contributed by atoms with van der Waals surface area (Å²) in [6.45, 7) is 0. The summed E-state index contributed by atoms with van der Waals surface area (Å²) in [7, 11) is -3.95. The van der Waals surface area contributed by atoms with Crippen molar-refractivity contribution in [3.8, 4) is 5.75 Å². The Morgan fingerprint density at radius 1 is 1.24 bits per heavy atom. The fourth-order valence-corrected chi connectivity index (χ4v) is 2.81. The zero-order chi connectivity index (χ0) is 15.7. The van der Waals surface area contributed by atoms with Crippen LogP contribution in [0, 0.1) is 0 Å². The van der Waals surface area contributed by atoms with Crippen molar-refractivity contribution in [2.24, 2.45) is 0 Å². The van der Waals surface area contributed by atoms with E-state index in [1.54, 1.807) is 0 Å². The first-order valence-electron chi connectivity index (χ1n) is 5.25. The first-order chi connectivity index (χ1) is 9.67. The smallest absolute Gasteiger partial charge is 0.406 e. The van der Waals surface area contributed by atoms with Crippen LogP contribution in [0.1, 0.15) is 0 Å².